The van der Waals surface area contributed by atoms with E-state index in [1.54, 1.807) is 30.3 Å². The highest BCUT2D eigenvalue weighted by atomic mass is 35.5. The second-order valence-electron chi connectivity index (χ2n) is 9.16. The van der Waals surface area contributed by atoms with Gasteiger partial charge in [-0.25, -0.2) is 4.39 Å². The van der Waals surface area contributed by atoms with E-state index in [1.165, 1.54) is 12.1 Å². The van der Waals surface area contributed by atoms with Gasteiger partial charge >= 0.3 is 0 Å². The van der Waals surface area contributed by atoms with Crippen LogP contribution in [0, 0.1) is 5.82 Å². The molecule has 1 unspecified atom stereocenters. The number of benzene rings is 2. The first-order valence-electron chi connectivity index (χ1n) is 12.2. The van der Waals surface area contributed by atoms with Crippen molar-refractivity contribution in [2.24, 2.45) is 0 Å². The number of likely N-dealkylation sites (tertiary alicyclic amines) is 1. The zero-order valence-corrected chi connectivity index (χ0v) is 21.7. The quantitative estimate of drug-likeness (QED) is 0.423. The first kappa shape index (κ1) is 25.2. The van der Waals surface area contributed by atoms with Gasteiger partial charge in [-0.2, -0.15) is 0 Å². The van der Waals surface area contributed by atoms with Crippen molar-refractivity contribution >= 4 is 40.7 Å². The SMILES string of the molecule is CC(c1c(Cl)ccc(F)c1Cl)N1CCNC2=C1C=C(C(=O)Nc1cccc(C(=O)N3CCCC3)c1)NN2. The number of carbonyl (C=O) groups is 2. The molecule has 0 aromatic heterocycles. The van der Waals surface area contributed by atoms with Crippen LogP contribution in [0.2, 0.25) is 10.0 Å². The highest BCUT2D eigenvalue weighted by Crippen LogP contribution is 2.38. The molecule has 1 atom stereocenters. The lowest BCUT2D eigenvalue weighted by molar-refractivity contribution is -0.113. The highest BCUT2D eigenvalue weighted by Gasteiger charge is 2.30. The Hall–Kier alpha value is -3.43. The van der Waals surface area contributed by atoms with Crippen molar-refractivity contribution in [2.75, 3.05) is 31.5 Å². The minimum Gasteiger partial charge on any atom is -0.367 e. The maximum absolute atomic E-state index is 14.2. The summed E-state index contributed by atoms with van der Waals surface area (Å²) in [7, 11) is 0. The lowest BCUT2D eigenvalue weighted by Gasteiger charge is -2.40. The molecule has 11 heteroatoms. The van der Waals surface area contributed by atoms with Gasteiger partial charge in [0.2, 0.25) is 0 Å². The summed E-state index contributed by atoms with van der Waals surface area (Å²) in [6.45, 7) is 4.60. The minimum absolute atomic E-state index is 0.0205. The number of nitrogens with zero attached hydrogens (tertiary/aromatic N) is 2. The van der Waals surface area contributed by atoms with Crippen molar-refractivity contribution in [2.45, 2.75) is 25.8 Å². The van der Waals surface area contributed by atoms with E-state index in [0.29, 0.717) is 46.4 Å². The second kappa shape index (κ2) is 10.5. The van der Waals surface area contributed by atoms with Crippen LogP contribution >= 0.6 is 23.2 Å². The van der Waals surface area contributed by atoms with Crippen LogP contribution in [0.3, 0.4) is 0 Å². The third-order valence-corrected chi connectivity index (χ3v) is 7.51. The van der Waals surface area contributed by atoms with Crippen LogP contribution in [0.15, 0.2) is 59.7 Å². The van der Waals surface area contributed by atoms with Gasteiger partial charge in [0.1, 0.15) is 17.3 Å². The first-order valence-corrected chi connectivity index (χ1v) is 12.9. The van der Waals surface area contributed by atoms with Crippen molar-refractivity contribution in [1.82, 2.24) is 26.0 Å². The fraction of sp³-hybridized carbons (Fsp3) is 0.308. The van der Waals surface area contributed by atoms with E-state index >= 15 is 0 Å². The molecule has 0 radical (unpaired) electrons. The van der Waals surface area contributed by atoms with Gasteiger partial charge in [0, 0.05) is 48.0 Å². The number of hydrogen-bond acceptors (Lipinski definition) is 6. The number of amides is 2. The molecule has 0 saturated carbocycles. The number of hydrazine groups is 1. The molecule has 8 nitrogen and oxygen atoms in total. The summed E-state index contributed by atoms with van der Waals surface area (Å²) in [5.74, 6) is -0.282. The zero-order chi connectivity index (χ0) is 26.1. The maximum atomic E-state index is 14.2. The summed E-state index contributed by atoms with van der Waals surface area (Å²) in [5, 5.41) is 6.47. The number of hydrogen-bond donors (Lipinski definition) is 4. The minimum atomic E-state index is -0.540. The Labute approximate surface area is 224 Å². The number of carbonyl (C=O) groups excluding carboxylic acids is 2. The van der Waals surface area contributed by atoms with E-state index < -0.39 is 5.82 Å². The number of anilines is 1. The topological polar surface area (TPSA) is 88.7 Å². The summed E-state index contributed by atoms with van der Waals surface area (Å²) in [6, 6.07) is 9.30. The standard InChI is InChI=1S/C26H27Cl2FN6O2/c1-15(22-18(27)7-8-19(29)23(22)28)35-12-9-30-24-21(35)14-20(32-33-24)25(36)31-17-6-4-5-16(13-17)26(37)34-10-2-3-11-34/h4-8,13-15,30,32-33H,2-3,9-12H2,1H3,(H,31,36). The van der Waals surface area contributed by atoms with E-state index in [2.05, 4.69) is 21.5 Å². The van der Waals surface area contributed by atoms with E-state index in [9.17, 15) is 14.0 Å². The summed E-state index contributed by atoms with van der Waals surface area (Å²) < 4.78 is 14.2. The van der Waals surface area contributed by atoms with Crippen LogP contribution in [-0.2, 0) is 4.79 Å². The molecule has 194 valence electrons. The molecule has 2 amide bonds. The van der Waals surface area contributed by atoms with Gasteiger partial charge in [0.25, 0.3) is 11.8 Å². The Morgan fingerprint density at radius 2 is 1.86 bits per heavy atom. The fourth-order valence-corrected chi connectivity index (χ4v) is 5.55. The van der Waals surface area contributed by atoms with Gasteiger partial charge < -0.3 is 20.4 Å². The molecule has 2 aromatic carbocycles. The molecule has 5 rings (SSSR count). The number of rotatable bonds is 5. The van der Waals surface area contributed by atoms with Crippen LogP contribution in [0.25, 0.3) is 0 Å². The van der Waals surface area contributed by atoms with Crippen molar-refractivity contribution in [3.63, 3.8) is 0 Å². The molecular formula is C26H27Cl2FN6O2. The lowest BCUT2D eigenvalue weighted by atomic mass is 10.0. The normalized spacial score (nSPS) is 17.8. The molecule has 37 heavy (non-hydrogen) atoms. The van der Waals surface area contributed by atoms with Crippen LogP contribution < -0.4 is 21.5 Å². The van der Waals surface area contributed by atoms with Crippen molar-refractivity contribution in [3.05, 3.63) is 86.7 Å². The first-order chi connectivity index (χ1) is 17.8. The predicted molar refractivity (Wildman–Crippen MR) is 141 cm³/mol. The Morgan fingerprint density at radius 1 is 1.08 bits per heavy atom. The van der Waals surface area contributed by atoms with E-state index in [-0.39, 0.29) is 28.6 Å². The summed E-state index contributed by atoms with van der Waals surface area (Å²) >= 11 is 12.7. The third-order valence-electron chi connectivity index (χ3n) is 6.79. The molecule has 3 heterocycles. The van der Waals surface area contributed by atoms with Crippen LogP contribution in [0.4, 0.5) is 10.1 Å². The maximum Gasteiger partial charge on any atom is 0.273 e. The smallest absolute Gasteiger partial charge is 0.273 e. The third kappa shape index (κ3) is 5.06. The molecule has 3 aliphatic rings. The Morgan fingerprint density at radius 3 is 2.65 bits per heavy atom. The Kier molecular flexibility index (Phi) is 7.17. The number of halogens is 3. The summed E-state index contributed by atoms with van der Waals surface area (Å²) in [4.78, 5) is 29.7. The van der Waals surface area contributed by atoms with Gasteiger partial charge in [-0.15, -0.1) is 0 Å². The fourth-order valence-electron chi connectivity index (χ4n) is 4.86. The molecule has 2 aromatic rings. The van der Waals surface area contributed by atoms with E-state index in [0.717, 1.165) is 25.9 Å². The molecule has 0 aliphatic carbocycles. The zero-order valence-electron chi connectivity index (χ0n) is 20.2. The molecule has 0 spiro atoms. The van der Waals surface area contributed by atoms with Crippen molar-refractivity contribution in [1.29, 1.82) is 0 Å². The average molecular weight is 545 g/mol. The van der Waals surface area contributed by atoms with Gasteiger partial charge in [0.05, 0.1) is 16.8 Å². The van der Waals surface area contributed by atoms with E-state index in [4.69, 9.17) is 23.2 Å². The molecule has 0 bridgehead atoms. The molecule has 3 aliphatic heterocycles. The van der Waals surface area contributed by atoms with E-state index in [1.807, 2.05) is 16.7 Å². The highest BCUT2D eigenvalue weighted by molar-refractivity contribution is 6.36. The Bertz CT molecular complexity index is 1310. The van der Waals surface area contributed by atoms with Crippen molar-refractivity contribution < 1.29 is 14.0 Å². The molecule has 4 N–H and O–H groups in total. The van der Waals surface area contributed by atoms with Crippen LogP contribution in [0.1, 0.15) is 41.7 Å². The summed E-state index contributed by atoms with van der Waals surface area (Å²) in [5.41, 5.74) is 8.45. The van der Waals surface area contributed by atoms with Gasteiger partial charge in [-0.3, -0.25) is 20.4 Å². The largest absolute Gasteiger partial charge is 0.367 e. The van der Waals surface area contributed by atoms with Crippen molar-refractivity contribution in [3.8, 4) is 0 Å². The molecule has 1 fully saturated rings. The summed E-state index contributed by atoms with van der Waals surface area (Å²) in [6.07, 6.45) is 3.73. The lowest BCUT2D eigenvalue weighted by Crippen LogP contribution is -2.51. The average Bonchev–Trinajstić information content (AvgIpc) is 3.45. The van der Waals surface area contributed by atoms with Gasteiger partial charge in [-0.1, -0.05) is 29.3 Å². The number of allylic oxidation sites excluding steroid dienone is 1. The van der Waals surface area contributed by atoms with Gasteiger partial charge in [-0.05, 0) is 56.2 Å². The number of nitrogens with one attached hydrogen (secondary N) is 4. The second-order valence-corrected chi connectivity index (χ2v) is 9.94. The Balaban J connectivity index is 1.36. The van der Waals surface area contributed by atoms with Gasteiger partial charge in [0.15, 0.2) is 0 Å². The van der Waals surface area contributed by atoms with Crippen LogP contribution in [0.5, 0.6) is 0 Å². The van der Waals surface area contributed by atoms with Crippen LogP contribution in [-0.4, -0.2) is 47.8 Å². The molecular weight excluding hydrogens is 518 g/mol. The molecule has 1 saturated heterocycles. The monoisotopic (exact) mass is 544 g/mol. The predicted octanol–water partition coefficient (Wildman–Crippen LogP) is 4.13.